The fraction of sp³-hybridized carbons (Fsp3) is 0.154. The number of nitrogens with one attached hydrogen (secondary N) is 1. The van der Waals surface area contributed by atoms with Crippen LogP contribution in [0.1, 0.15) is 23.4 Å². The number of amidine groups is 1. The van der Waals surface area contributed by atoms with Gasteiger partial charge in [0.1, 0.15) is 5.84 Å². The van der Waals surface area contributed by atoms with Crippen molar-refractivity contribution in [1.82, 2.24) is 4.72 Å². The van der Waals surface area contributed by atoms with Crippen molar-refractivity contribution in [3.05, 3.63) is 52.2 Å². The van der Waals surface area contributed by atoms with Gasteiger partial charge in [0, 0.05) is 10.4 Å². The second kappa shape index (κ2) is 4.47. The van der Waals surface area contributed by atoms with Gasteiger partial charge in [0.05, 0.1) is 10.9 Å². The zero-order valence-electron chi connectivity index (χ0n) is 10.2. The van der Waals surface area contributed by atoms with Crippen molar-refractivity contribution in [2.45, 2.75) is 17.9 Å². The predicted octanol–water partition coefficient (Wildman–Crippen LogP) is 2.55. The van der Waals surface area contributed by atoms with Crippen LogP contribution >= 0.6 is 11.3 Å². The van der Waals surface area contributed by atoms with Crippen LogP contribution in [0.25, 0.3) is 0 Å². The highest BCUT2D eigenvalue weighted by Crippen LogP contribution is 2.26. The van der Waals surface area contributed by atoms with Gasteiger partial charge in [0.2, 0.25) is 0 Å². The minimum atomic E-state index is -3.45. The van der Waals surface area contributed by atoms with Gasteiger partial charge in [-0.1, -0.05) is 18.2 Å². The zero-order chi connectivity index (χ0) is 13.5. The van der Waals surface area contributed by atoms with E-state index in [0.29, 0.717) is 16.3 Å². The average Bonchev–Trinajstić information content (AvgIpc) is 2.98. The molecule has 1 atom stereocenters. The quantitative estimate of drug-likeness (QED) is 0.924. The largest absolute Gasteiger partial charge is 0.263 e. The molecule has 98 valence electrons. The lowest BCUT2D eigenvalue weighted by atomic mass is 10.2. The van der Waals surface area contributed by atoms with Gasteiger partial charge in [-0.3, -0.25) is 9.71 Å². The number of rotatable bonds is 2. The molecule has 1 aromatic heterocycles. The number of benzene rings is 1. The Hall–Kier alpha value is -1.66. The van der Waals surface area contributed by atoms with E-state index < -0.39 is 10.0 Å². The number of sulfonamides is 1. The maximum Gasteiger partial charge on any atom is 0.263 e. The summed E-state index contributed by atoms with van der Waals surface area (Å²) in [6, 6.07) is 10.8. The third-order valence-corrected chi connectivity index (χ3v) is 5.38. The summed E-state index contributed by atoms with van der Waals surface area (Å²) in [5.41, 5.74) is 0.644. The molecule has 1 aliphatic rings. The molecule has 0 fully saturated rings. The van der Waals surface area contributed by atoms with Gasteiger partial charge in [-0.25, -0.2) is 8.42 Å². The van der Waals surface area contributed by atoms with Gasteiger partial charge in [-0.05, 0) is 30.5 Å². The van der Waals surface area contributed by atoms with Gasteiger partial charge in [-0.15, -0.1) is 11.3 Å². The lowest BCUT2D eigenvalue weighted by molar-refractivity contribution is 0.595. The summed E-state index contributed by atoms with van der Waals surface area (Å²) in [5, 5.41) is 1.98. The molecule has 6 heteroatoms. The van der Waals surface area contributed by atoms with Crippen LogP contribution in [0.4, 0.5) is 0 Å². The topological polar surface area (TPSA) is 58.5 Å². The normalized spacial score (nSPS) is 19.9. The number of aliphatic imine (C=N–C) groups is 1. The van der Waals surface area contributed by atoms with Gasteiger partial charge in [0.25, 0.3) is 10.0 Å². The monoisotopic (exact) mass is 292 g/mol. The summed E-state index contributed by atoms with van der Waals surface area (Å²) in [5.74, 6) is 0.427. The molecule has 2 aromatic rings. The number of hydrogen-bond acceptors (Lipinski definition) is 4. The first-order valence-electron chi connectivity index (χ1n) is 5.81. The summed E-state index contributed by atoms with van der Waals surface area (Å²) >= 11 is 1.61. The fourth-order valence-corrected chi connectivity index (χ4v) is 3.98. The van der Waals surface area contributed by atoms with Crippen molar-refractivity contribution < 1.29 is 8.42 Å². The summed E-state index contributed by atoms with van der Waals surface area (Å²) < 4.78 is 26.4. The van der Waals surface area contributed by atoms with Crippen LogP contribution in [-0.4, -0.2) is 14.3 Å². The van der Waals surface area contributed by atoms with Crippen LogP contribution in [0.5, 0.6) is 0 Å². The molecule has 0 radical (unpaired) electrons. The summed E-state index contributed by atoms with van der Waals surface area (Å²) in [4.78, 5) is 5.90. The molecule has 0 aliphatic carbocycles. The molecule has 0 bridgehead atoms. The molecule has 0 amide bonds. The molecule has 0 saturated heterocycles. The Kier molecular flexibility index (Phi) is 2.91. The lowest BCUT2D eigenvalue weighted by Gasteiger charge is -2.05. The third kappa shape index (κ3) is 2.17. The zero-order valence-corrected chi connectivity index (χ0v) is 11.8. The van der Waals surface area contributed by atoms with E-state index in [1.165, 1.54) is 0 Å². The van der Waals surface area contributed by atoms with E-state index >= 15 is 0 Å². The van der Waals surface area contributed by atoms with E-state index in [-0.39, 0.29) is 6.04 Å². The van der Waals surface area contributed by atoms with Gasteiger partial charge in [-0.2, -0.15) is 0 Å². The van der Waals surface area contributed by atoms with Crippen LogP contribution < -0.4 is 4.72 Å². The van der Waals surface area contributed by atoms with E-state index in [9.17, 15) is 8.42 Å². The molecular formula is C13H12N2O2S2. The van der Waals surface area contributed by atoms with Gasteiger partial charge in [0.15, 0.2) is 0 Å². The molecule has 0 saturated carbocycles. The van der Waals surface area contributed by atoms with E-state index in [2.05, 4.69) is 9.71 Å². The second-order valence-electron chi connectivity index (χ2n) is 4.27. The molecule has 19 heavy (non-hydrogen) atoms. The van der Waals surface area contributed by atoms with Crippen LogP contribution in [-0.2, 0) is 10.0 Å². The van der Waals surface area contributed by atoms with Crippen molar-refractivity contribution in [2.75, 3.05) is 0 Å². The van der Waals surface area contributed by atoms with E-state index in [1.54, 1.807) is 29.5 Å². The minimum Gasteiger partial charge on any atom is -0.263 e. The maximum atomic E-state index is 11.9. The third-order valence-electron chi connectivity index (χ3n) is 2.94. The van der Waals surface area contributed by atoms with Crippen molar-refractivity contribution >= 4 is 27.2 Å². The average molecular weight is 292 g/mol. The molecule has 1 aliphatic heterocycles. The summed E-state index contributed by atoms with van der Waals surface area (Å²) in [6.45, 7) is 1.95. The molecule has 1 aromatic carbocycles. The number of hydrogen-bond donors (Lipinski definition) is 1. The van der Waals surface area contributed by atoms with Crippen molar-refractivity contribution in [3.63, 3.8) is 0 Å². The van der Waals surface area contributed by atoms with Crippen LogP contribution in [0.15, 0.2) is 51.7 Å². The molecule has 3 rings (SSSR count). The Bertz CT molecular complexity index is 734. The highest BCUT2D eigenvalue weighted by molar-refractivity contribution is 7.90. The van der Waals surface area contributed by atoms with Crippen LogP contribution in [0.3, 0.4) is 0 Å². The van der Waals surface area contributed by atoms with E-state index in [1.807, 2.05) is 30.5 Å². The predicted molar refractivity (Wildman–Crippen MR) is 76.0 cm³/mol. The lowest BCUT2D eigenvalue weighted by Crippen LogP contribution is -2.22. The SMILES string of the molecule is CC(N=C1NS(=O)(=O)c2ccccc21)c1cccs1. The Morgan fingerprint density at radius 1 is 1.21 bits per heavy atom. The molecule has 2 heterocycles. The first-order valence-corrected chi connectivity index (χ1v) is 8.17. The molecule has 0 spiro atoms. The van der Waals surface area contributed by atoms with Crippen molar-refractivity contribution in [1.29, 1.82) is 0 Å². The number of thiophene rings is 1. The second-order valence-corrected chi connectivity index (χ2v) is 6.90. The molecular weight excluding hydrogens is 280 g/mol. The van der Waals surface area contributed by atoms with Crippen molar-refractivity contribution in [2.24, 2.45) is 4.99 Å². The standard InChI is InChI=1S/C13H12N2O2S2/c1-9(11-6-4-8-18-11)14-13-10-5-2-3-7-12(10)19(16,17)15-13/h2-9H,1H3,(H,14,15). The Labute approximate surface area is 115 Å². The minimum absolute atomic E-state index is 0.0659. The highest BCUT2D eigenvalue weighted by atomic mass is 32.2. The fourth-order valence-electron chi connectivity index (χ4n) is 2.02. The van der Waals surface area contributed by atoms with Gasteiger partial charge >= 0.3 is 0 Å². The molecule has 1 unspecified atom stereocenters. The van der Waals surface area contributed by atoms with E-state index in [0.717, 1.165) is 4.88 Å². The molecule has 4 nitrogen and oxygen atoms in total. The first-order chi connectivity index (χ1) is 9.08. The Balaban J connectivity index is 2.05. The van der Waals surface area contributed by atoms with E-state index in [4.69, 9.17) is 0 Å². The van der Waals surface area contributed by atoms with Crippen LogP contribution in [0, 0.1) is 0 Å². The number of nitrogens with zero attached hydrogens (tertiary/aromatic N) is 1. The Morgan fingerprint density at radius 3 is 2.74 bits per heavy atom. The smallest absolute Gasteiger partial charge is 0.263 e. The van der Waals surface area contributed by atoms with Gasteiger partial charge < -0.3 is 0 Å². The summed E-state index contributed by atoms with van der Waals surface area (Å²) in [6.07, 6.45) is 0. The number of fused-ring (bicyclic) bond motifs is 1. The summed E-state index contributed by atoms with van der Waals surface area (Å²) in [7, 11) is -3.45. The highest BCUT2D eigenvalue weighted by Gasteiger charge is 2.30. The van der Waals surface area contributed by atoms with Crippen molar-refractivity contribution in [3.8, 4) is 0 Å². The first kappa shape index (κ1) is 12.4. The Morgan fingerprint density at radius 2 is 2.00 bits per heavy atom. The molecule has 1 N–H and O–H groups in total. The van der Waals surface area contributed by atoms with Crippen LogP contribution in [0.2, 0.25) is 0 Å². The maximum absolute atomic E-state index is 11.9.